The van der Waals surface area contributed by atoms with Crippen molar-refractivity contribution in [2.24, 2.45) is 0 Å². The Bertz CT molecular complexity index is 372. The maximum atomic E-state index is 10.6. The summed E-state index contributed by atoms with van der Waals surface area (Å²) < 4.78 is 0. The predicted molar refractivity (Wildman–Crippen MR) is 47.6 cm³/mol. The van der Waals surface area contributed by atoms with Gasteiger partial charge in [-0.3, -0.25) is 0 Å². The van der Waals surface area contributed by atoms with Gasteiger partial charge >= 0.3 is 11.9 Å². The van der Waals surface area contributed by atoms with E-state index in [0.717, 1.165) is 0 Å². The van der Waals surface area contributed by atoms with Crippen molar-refractivity contribution in [3.8, 4) is 0 Å². The summed E-state index contributed by atoms with van der Waals surface area (Å²) in [5.74, 6) is -2.53. The average Bonchev–Trinajstić information content (AvgIpc) is 2.03. The molecule has 68 valence electrons. The monoisotopic (exact) mass is 198 g/mol. The van der Waals surface area contributed by atoms with E-state index in [9.17, 15) is 9.59 Å². The van der Waals surface area contributed by atoms with E-state index in [1.54, 1.807) is 0 Å². The molecule has 0 spiro atoms. The molecule has 0 aliphatic heterocycles. The fraction of sp³-hybridized carbons (Fsp3) is 0. The average molecular weight is 198 g/mol. The molecule has 0 amide bonds. The van der Waals surface area contributed by atoms with E-state index in [4.69, 9.17) is 10.2 Å². The van der Waals surface area contributed by atoms with Gasteiger partial charge < -0.3 is 10.2 Å². The molecule has 0 atom stereocenters. The van der Waals surface area contributed by atoms with Crippen LogP contribution in [0.1, 0.15) is 20.7 Å². The first kappa shape index (κ1) is 9.60. The summed E-state index contributed by atoms with van der Waals surface area (Å²) >= 11 is 3.91. The Hall–Kier alpha value is -1.49. The van der Waals surface area contributed by atoms with E-state index in [-0.39, 0.29) is 11.1 Å². The molecule has 0 heterocycles. The molecule has 0 radical (unpaired) electrons. The summed E-state index contributed by atoms with van der Waals surface area (Å²) in [6.07, 6.45) is 0. The van der Waals surface area contributed by atoms with E-state index in [1.165, 1.54) is 18.2 Å². The van der Waals surface area contributed by atoms with Gasteiger partial charge in [-0.05, 0) is 18.2 Å². The van der Waals surface area contributed by atoms with Gasteiger partial charge in [0.1, 0.15) is 0 Å². The third-order valence-corrected chi connectivity index (χ3v) is 1.74. The summed E-state index contributed by atoms with van der Waals surface area (Å²) in [4.78, 5) is 21.5. The Labute approximate surface area is 79.2 Å². The van der Waals surface area contributed by atoms with Crippen LogP contribution in [0.4, 0.5) is 0 Å². The number of benzene rings is 1. The lowest BCUT2D eigenvalue weighted by Crippen LogP contribution is -2.07. The van der Waals surface area contributed by atoms with Crippen LogP contribution in [0.3, 0.4) is 0 Å². The van der Waals surface area contributed by atoms with E-state index in [1.807, 2.05) is 0 Å². The van der Waals surface area contributed by atoms with Crippen LogP contribution in [0.25, 0.3) is 0 Å². The molecule has 0 aliphatic rings. The van der Waals surface area contributed by atoms with Gasteiger partial charge in [0.2, 0.25) is 0 Å². The van der Waals surface area contributed by atoms with E-state index < -0.39 is 11.9 Å². The second-order valence-corrected chi connectivity index (χ2v) is 2.86. The molecular formula is C8H6O4S. The van der Waals surface area contributed by atoms with E-state index in [0.29, 0.717) is 4.90 Å². The van der Waals surface area contributed by atoms with Gasteiger partial charge in [0.05, 0.1) is 11.1 Å². The SMILES string of the molecule is O=C(O)c1ccc(S)cc1C(=O)O. The first-order valence-corrected chi connectivity index (χ1v) is 3.76. The first-order chi connectivity index (χ1) is 6.02. The molecule has 1 aromatic rings. The fourth-order valence-electron chi connectivity index (χ4n) is 0.896. The summed E-state index contributed by atoms with van der Waals surface area (Å²) in [7, 11) is 0. The van der Waals surface area contributed by atoms with Crippen molar-refractivity contribution in [3.63, 3.8) is 0 Å². The highest BCUT2D eigenvalue weighted by atomic mass is 32.1. The molecule has 0 aliphatic carbocycles. The molecule has 2 N–H and O–H groups in total. The van der Waals surface area contributed by atoms with Gasteiger partial charge in [0, 0.05) is 4.90 Å². The summed E-state index contributed by atoms with van der Waals surface area (Å²) in [6.45, 7) is 0. The van der Waals surface area contributed by atoms with Gasteiger partial charge in [0.25, 0.3) is 0 Å². The van der Waals surface area contributed by atoms with Gasteiger partial charge in [-0.15, -0.1) is 12.6 Å². The zero-order valence-corrected chi connectivity index (χ0v) is 7.28. The molecule has 1 rings (SSSR count). The summed E-state index contributed by atoms with van der Waals surface area (Å²) in [5.41, 5.74) is -0.481. The Morgan fingerprint density at radius 2 is 1.62 bits per heavy atom. The molecule has 0 aromatic heterocycles. The van der Waals surface area contributed by atoms with Crippen molar-refractivity contribution in [3.05, 3.63) is 29.3 Å². The van der Waals surface area contributed by atoms with E-state index >= 15 is 0 Å². The number of carboxylic acid groups (broad SMARTS) is 2. The Kier molecular flexibility index (Phi) is 2.57. The predicted octanol–water partition coefficient (Wildman–Crippen LogP) is 1.37. The molecule has 13 heavy (non-hydrogen) atoms. The first-order valence-electron chi connectivity index (χ1n) is 3.32. The van der Waals surface area contributed by atoms with Crippen LogP contribution in [0.2, 0.25) is 0 Å². The van der Waals surface area contributed by atoms with Crippen LogP contribution in [0.5, 0.6) is 0 Å². The molecule has 0 bridgehead atoms. The van der Waals surface area contributed by atoms with Gasteiger partial charge in [-0.2, -0.15) is 0 Å². The van der Waals surface area contributed by atoms with Gasteiger partial charge in [0.15, 0.2) is 0 Å². The number of carbonyl (C=O) groups is 2. The fourth-order valence-corrected chi connectivity index (χ4v) is 1.10. The highest BCUT2D eigenvalue weighted by Crippen LogP contribution is 2.14. The minimum atomic E-state index is -1.27. The third kappa shape index (κ3) is 2.00. The van der Waals surface area contributed by atoms with E-state index in [2.05, 4.69) is 12.6 Å². The normalized spacial score (nSPS) is 9.62. The van der Waals surface area contributed by atoms with Crippen LogP contribution < -0.4 is 0 Å². The maximum absolute atomic E-state index is 10.6. The van der Waals surface area contributed by atoms with Crippen molar-refractivity contribution in [1.29, 1.82) is 0 Å². The molecular weight excluding hydrogens is 192 g/mol. The van der Waals surface area contributed by atoms with Crippen LogP contribution in [0.15, 0.2) is 23.1 Å². The number of thiol groups is 1. The van der Waals surface area contributed by atoms with Gasteiger partial charge in [-0.1, -0.05) is 0 Å². The molecule has 5 heteroatoms. The van der Waals surface area contributed by atoms with Crippen LogP contribution >= 0.6 is 12.6 Å². The number of rotatable bonds is 2. The van der Waals surface area contributed by atoms with Crippen LogP contribution in [-0.4, -0.2) is 22.2 Å². The number of aromatic carboxylic acids is 2. The van der Waals surface area contributed by atoms with Crippen molar-refractivity contribution < 1.29 is 19.8 Å². The Morgan fingerprint density at radius 3 is 2.08 bits per heavy atom. The number of hydrogen-bond acceptors (Lipinski definition) is 3. The third-order valence-electron chi connectivity index (χ3n) is 1.46. The Balaban J connectivity index is 3.35. The van der Waals surface area contributed by atoms with Crippen molar-refractivity contribution in [2.75, 3.05) is 0 Å². The standard InChI is InChI=1S/C8H6O4S/c9-7(10)5-2-1-4(13)3-6(5)8(11)12/h1-3,13H,(H,9,10)(H,11,12). The largest absolute Gasteiger partial charge is 0.478 e. The molecule has 0 saturated heterocycles. The van der Waals surface area contributed by atoms with Crippen molar-refractivity contribution >= 4 is 24.6 Å². The zero-order chi connectivity index (χ0) is 10.0. The van der Waals surface area contributed by atoms with Crippen LogP contribution in [-0.2, 0) is 0 Å². The second kappa shape index (κ2) is 3.49. The van der Waals surface area contributed by atoms with Crippen molar-refractivity contribution in [1.82, 2.24) is 0 Å². The molecule has 1 aromatic carbocycles. The topological polar surface area (TPSA) is 74.6 Å². The lowest BCUT2D eigenvalue weighted by atomic mass is 10.1. The lowest BCUT2D eigenvalue weighted by molar-refractivity contribution is 0.0651. The maximum Gasteiger partial charge on any atom is 0.336 e. The summed E-state index contributed by atoms with van der Waals surface area (Å²) in [6, 6.07) is 3.85. The van der Waals surface area contributed by atoms with Crippen molar-refractivity contribution in [2.45, 2.75) is 4.90 Å². The van der Waals surface area contributed by atoms with Gasteiger partial charge in [-0.25, -0.2) is 9.59 Å². The Morgan fingerprint density at radius 1 is 1.08 bits per heavy atom. The number of hydrogen-bond donors (Lipinski definition) is 3. The summed E-state index contributed by atoms with van der Waals surface area (Å²) in [5, 5.41) is 17.3. The molecule has 4 nitrogen and oxygen atoms in total. The quantitative estimate of drug-likeness (QED) is 0.627. The zero-order valence-electron chi connectivity index (χ0n) is 6.39. The highest BCUT2D eigenvalue weighted by Gasteiger charge is 2.15. The molecule has 0 saturated carbocycles. The van der Waals surface area contributed by atoms with Crippen LogP contribution in [0, 0.1) is 0 Å². The molecule has 0 unspecified atom stereocenters. The molecule has 0 fully saturated rings. The smallest absolute Gasteiger partial charge is 0.336 e. The lowest BCUT2D eigenvalue weighted by Gasteiger charge is -2.01. The second-order valence-electron chi connectivity index (χ2n) is 2.34. The highest BCUT2D eigenvalue weighted by molar-refractivity contribution is 7.80. The minimum Gasteiger partial charge on any atom is -0.478 e. The minimum absolute atomic E-state index is 0.231. The number of carboxylic acids is 2.